The number of benzene rings is 1. The van der Waals surface area contributed by atoms with Gasteiger partial charge in [-0.15, -0.1) is 0 Å². The molecule has 2 N–H and O–H groups in total. The molecule has 0 bridgehead atoms. The van der Waals surface area contributed by atoms with Crippen LogP contribution in [-0.4, -0.2) is 29.6 Å². The number of hydrogen-bond donors (Lipinski definition) is 2. The third-order valence-electron chi connectivity index (χ3n) is 3.39. The van der Waals surface area contributed by atoms with Crippen LogP contribution in [0.3, 0.4) is 0 Å². The molecule has 0 saturated carbocycles. The Labute approximate surface area is 140 Å². The molecule has 2 aromatic rings. The lowest BCUT2D eigenvalue weighted by molar-refractivity contribution is 0.275. The number of halogens is 1. The molecule has 1 heterocycles. The van der Waals surface area contributed by atoms with Crippen molar-refractivity contribution < 1.29 is 9.50 Å². The topological polar surface area (TPSA) is 47.9 Å². The van der Waals surface area contributed by atoms with E-state index in [2.05, 4.69) is 32.0 Å². The van der Waals surface area contributed by atoms with Crippen molar-refractivity contribution in [3.63, 3.8) is 0 Å². The number of nitrogens with zero attached hydrogens (tertiary/aromatic N) is 2. The third kappa shape index (κ3) is 5.04. The maximum Gasteiger partial charge on any atom is 0.194 e. The Balaban J connectivity index is 2.08. The van der Waals surface area contributed by atoms with Crippen LogP contribution >= 0.6 is 11.3 Å². The molecule has 0 fully saturated rings. The average Bonchev–Trinajstić information content (AvgIpc) is 3.05. The molecule has 4 nitrogen and oxygen atoms in total. The molecule has 0 saturated heterocycles. The molecule has 1 aromatic heterocycles. The van der Waals surface area contributed by atoms with Gasteiger partial charge in [-0.2, -0.15) is 11.3 Å². The second-order valence-electron chi connectivity index (χ2n) is 5.24. The van der Waals surface area contributed by atoms with Gasteiger partial charge in [0.2, 0.25) is 0 Å². The van der Waals surface area contributed by atoms with E-state index < -0.39 is 0 Å². The highest BCUT2D eigenvalue weighted by Crippen LogP contribution is 2.12. The fraction of sp³-hybridized carbons (Fsp3) is 0.353. The highest BCUT2D eigenvalue weighted by atomic mass is 32.1. The monoisotopic (exact) mass is 335 g/mol. The van der Waals surface area contributed by atoms with Crippen LogP contribution < -0.4 is 5.32 Å². The number of nitrogens with one attached hydrogen (secondary N) is 1. The molecule has 0 aliphatic carbocycles. The maximum absolute atomic E-state index is 13.4. The molecule has 124 valence electrons. The van der Waals surface area contributed by atoms with E-state index in [0.29, 0.717) is 12.1 Å². The largest absolute Gasteiger partial charge is 0.392 e. The lowest BCUT2D eigenvalue weighted by Gasteiger charge is -2.21. The molecular weight excluding hydrogens is 313 g/mol. The minimum atomic E-state index is -0.387. The van der Waals surface area contributed by atoms with Crippen LogP contribution in [0.2, 0.25) is 0 Å². The second-order valence-corrected chi connectivity index (χ2v) is 6.02. The van der Waals surface area contributed by atoms with E-state index in [1.54, 1.807) is 23.5 Å². The normalized spacial score (nSPS) is 11.6. The van der Waals surface area contributed by atoms with Crippen LogP contribution in [-0.2, 0) is 19.7 Å². The van der Waals surface area contributed by atoms with E-state index in [1.807, 2.05) is 14.0 Å². The van der Waals surface area contributed by atoms with Gasteiger partial charge in [-0.3, -0.25) is 0 Å². The van der Waals surface area contributed by atoms with Crippen molar-refractivity contribution in [2.24, 2.45) is 4.99 Å². The van der Waals surface area contributed by atoms with Crippen molar-refractivity contribution in [1.29, 1.82) is 0 Å². The molecule has 0 aliphatic heterocycles. The summed E-state index contributed by atoms with van der Waals surface area (Å²) in [5, 5.41) is 16.6. The number of aliphatic hydroxyl groups excluding tert-OH is 1. The van der Waals surface area contributed by atoms with Crippen molar-refractivity contribution >= 4 is 17.3 Å². The van der Waals surface area contributed by atoms with E-state index in [-0.39, 0.29) is 12.4 Å². The van der Waals surface area contributed by atoms with Gasteiger partial charge in [0.1, 0.15) is 5.82 Å². The highest BCUT2D eigenvalue weighted by molar-refractivity contribution is 7.07. The number of rotatable bonds is 6. The minimum Gasteiger partial charge on any atom is -0.392 e. The van der Waals surface area contributed by atoms with Crippen LogP contribution in [0, 0.1) is 5.82 Å². The zero-order chi connectivity index (χ0) is 16.7. The predicted octanol–water partition coefficient (Wildman–Crippen LogP) is 2.98. The summed E-state index contributed by atoms with van der Waals surface area (Å²) in [5.74, 6) is 0.412. The van der Waals surface area contributed by atoms with Crippen LogP contribution in [0.1, 0.15) is 23.6 Å². The standard InChI is InChI=1S/C17H22FN3OS/c1-3-19-17(21(2)10-14-6-7-23-12-14)20-9-13-4-5-16(18)15(8-13)11-22/h4-8,12,22H,3,9-11H2,1-2H3,(H,19,20). The van der Waals surface area contributed by atoms with Gasteiger partial charge in [-0.25, -0.2) is 9.38 Å². The molecule has 0 radical (unpaired) electrons. The second kappa shape index (κ2) is 8.64. The van der Waals surface area contributed by atoms with Crippen molar-refractivity contribution in [3.05, 3.63) is 57.5 Å². The lowest BCUT2D eigenvalue weighted by atomic mass is 10.1. The van der Waals surface area contributed by atoms with E-state index in [1.165, 1.54) is 11.6 Å². The summed E-state index contributed by atoms with van der Waals surface area (Å²) in [7, 11) is 1.99. The van der Waals surface area contributed by atoms with Gasteiger partial charge >= 0.3 is 0 Å². The molecule has 0 atom stereocenters. The van der Waals surface area contributed by atoms with Gasteiger partial charge in [0.25, 0.3) is 0 Å². The Morgan fingerprint density at radius 2 is 2.17 bits per heavy atom. The molecule has 1 aromatic carbocycles. The Hall–Kier alpha value is -1.92. The fourth-order valence-corrected chi connectivity index (χ4v) is 2.87. The number of thiophene rings is 1. The fourth-order valence-electron chi connectivity index (χ4n) is 2.21. The summed E-state index contributed by atoms with van der Waals surface area (Å²) in [6, 6.07) is 6.82. The molecule has 0 aliphatic rings. The van der Waals surface area contributed by atoms with Gasteiger partial charge < -0.3 is 15.3 Å². The Morgan fingerprint density at radius 3 is 2.83 bits per heavy atom. The number of guanidine groups is 1. The molecule has 0 amide bonds. The Bertz CT molecular complexity index is 643. The van der Waals surface area contributed by atoms with E-state index in [4.69, 9.17) is 5.11 Å². The number of aliphatic hydroxyl groups is 1. The van der Waals surface area contributed by atoms with Crippen LogP contribution in [0.5, 0.6) is 0 Å². The summed E-state index contributed by atoms with van der Waals surface area (Å²) >= 11 is 1.68. The van der Waals surface area contributed by atoms with Gasteiger partial charge in [0.15, 0.2) is 5.96 Å². The van der Waals surface area contributed by atoms with E-state index in [0.717, 1.165) is 24.6 Å². The average molecular weight is 335 g/mol. The first-order valence-electron chi connectivity index (χ1n) is 7.52. The predicted molar refractivity (Wildman–Crippen MR) is 92.9 cm³/mol. The SMILES string of the molecule is CCNC(=NCc1ccc(F)c(CO)c1)N(C)Cc1ccsc1. The first kappa shape index (κ1) is 17.4. The van der Waals surface area contributed by atoms with Crippen LogP contribution in [0.4, 0.5) is 4.39 Å². The van der Waals surface area contributed by atoms with E-state index >= 15 is 0 Å². The summed E-state index contributed by atoms with van der Waals surface area (Å²) in [4.78, 5) is 6.66. The zero-order valence-electron chi connectivity index (χ0n) is 13.4. The first-order chi connectivity index (χ1) is 11.1. The smallest absolute Gasteiger partial charge is 0.194 e. The lowest BCUT2D eigenvalue weighted by Crippen LogP contribution is -2.38. The van der Waals surface area contributed by atoms with Gasteiger partial charge in [-0.1, -0.05) is 6.07 Å². The Kier molecular flexibility index (Phi) is 6.55. The highest BCUT2D eigenvalue weighted by Gasteiger charge is 2.07. The third-order valence-corrected chi connectivity index (χ3v) is 4.12. The Morgan fingerprint density at radius 1 is 1.35 bits per heavy atom. The summed E-state index contributed by atoms with van der Waals surface area (Å²) in [6.07, 6.45) is 0. The van der Waals surface area contributed by atoms with Crippen molar-refractivity contribution in [2.45, 2.75) is 26.6 Å². The molecule has 0 spiro atoms. The van der Waals surface area contributed by atoms with Gasteiger partial charge in [-0.05, 0) is 47.0 Å². The minimum absolute atomic E-state index is 0.300. The van der Waals surface area contributed by atoms with Crippen molar-refractivity contribution in [3.8, 4) is 0 Å². The van der Waals surface area contributed by atoms with E-state index in [9.17, 15) is 4.39 Å². The number of aliphatic imine (C=N–C) groups is 1. The summed E-state index contributed by atoms with van der Waals surface area (Å²) in [5.41, 5.74) is 2.41. The van der Waals surface area contributed by atoms with Gasteiger partial charge in [0, 0.05) is 25.7 Å². The van der Waals surface area contributed by atoms with Gasteiger partial charge in [0.05, 0.1) is 13.2 Å². The number of hydrogen-bond acceptors (Lipinski definition) is 3. The molecule has 6 heteroatoms. The molecule has 23 heavy (non-hydrogen) atoms. The zero-order valence-corrected chi connectivity index (χ0v) is 14.2. The molecule has 2 rings (SSSR count). The quantitative estimate of drug-likeness (QED) is 0.630. The van der Waals surface area contributed by atoms with Crippen molar-refractivity contribution in [1.82, 2.24) is 10.2 Å². The summed E-state index contributed by atoms with van der Waals surface area (Å²) in [6.45, 7) is 3.71. The molecule has 0 unspecified atom stereocenters. The van der Waals surface area contributed by atoms with Crippen LogP contribution in [0.25, 0.3) is 0 Å². The molecular formula is C17H22FN3OS. The summed E-state index contributed by atoms with van der Waals surface area (Å²) < 4.78 is 13.4. The van der Waals surface area contributed by atoms with Crippen LogP contribution in [0.15, 0.2) is 40.0 Å². The maximum atomic E-state index is 13.4. The first-order valence-corrected chi connectivity index (χ1v) is 8.47. The van der Waals surface area contributed by atoms with Crippen molar-refractivity contribution in [2.75, 3.05) is 13.6 Å².